The standard InChI is InChI=1S/C10H12ClNO2/c1-2-4-9(12-14)7-5-3-6-8(11)10(7)13/h3,5-6,13-14H,2,4H2,1H3/b12-9+. The molecule has 0 bridgehead atoms. The zero-order chi connectivity index (χ0) is 10.6. The molecule has 1 aromatic rings. The molecule has 0 aromatic heterocycles. The predicted octanol–water partition coefficient (Wildman–Crippen LogP) is 3.02. The zero-order valence-electron chi connectivity index (χ0n) is 7.87. The van der Waals surface area contributed by atoms with E-state index in [1.54, 1.807) is 18.2 Å². The second-order valence-electron chi connectivity index (χ2n) is 2.93. The number of halogens is 1. The summed E-state index contributed by atoms with van der Waals surface area (Å²) in [6, 6.07) is 4.96. The van der Waals surface area contributed by atoms with Crippen molar-refractivity contribution in [3.63, 3.8) is 0 Å². The quantitative estimate of drug-likeness (QED) is 0.461. The van der Waals surface area contributed by atoms with Crippen LogP contribution in [0.25, 0.3) is 0 Å². The maximum atomic E-state index is 9.60. The van der Waals surface area contributed by atoms with Crippen molar-refractivity contribution in [3.8, 4) is 5.75 Å². The van der Waals surface area contributed by atoms with E-state index in [2.05, 4.69) is 5.16 Å². The fourth-order valence-corrected chi connectivity index (χ4v) is 1.40. The van der Waals surface area contributed by atoms with Crippen LogP contribution in [0.2, 0.25) is 5.02 Å². The minimum atomic E-state index is -0.0320. The van der Waals surface area contributed by atoms with Crippen LogP contribution in [0.4, 0.5) is 0 Å². The number of oxime groups is 1. The predicted molar refractivity (Wildman–Crippen MR) is 56.3 cm³/mol. The van der Waals surface area contributed by atoms with E-state index < -0.39 is 0 Å². The Labute approximate surface area is 87.6 Å². The first-order chi connectivity index (χ1) is 6.70. The van der Waals surface area contributed by atoms with Crippen LogP contribution in [0.3, 0.4) is 0 Å². The number of hydrogen-bond acceptors (Lipinski definition) is 3. The number of para-hydroxylation sites is 1. The molecule has 0 heterocycles. The highest BCUT2D eigenvalue weighted by atomic mass is 35.5. The second-order valence-corrected chi connectivity index (χ2v) is 3.34. The Morgan fingerprint density at radius 3 is 2.79 bits per heavy atom. The highest BCUT2D eigenvalue weighted by Gasteiger charge is 2.10. The zero-order valence-corrected chi connectivity index (χ0v) is 8.62. The van der Waals surface area contributed by atoms with Crippen LogP contribution >= 0.6 is 11.6 Å². The fraction of sp³-hybridized carbons (Fsp3) is 0.300. The monoisotopic (exact) mass is 213 g/mol. The maximum absolute atomic E-state index is 9.60. The van der Waals surface area contributed by atoms with Gasteiger partial charge in [-0.3, -0.25) is 0 Å². The summed E-state index contributed by atoms with van der Waals surface area (Å²) in [6.07, 6.45) is 1.44. The second kappa shape index (κ2) is 4.86. The van der Waals surface area contributed by atoms with Crippen LogP contribution in [0.15, 0.2) is 23.4 Å². The molecule has 0 fully saturated rings. The molecule has 0 spiro atoms. The SMILES string of the molecule is CCC/C(=N\O)c1cccc(Cl)c1O. The lowest BCUT2D eigenvalue weighted by Gasteiger charge is -2.06. The molecule has 0 amide bonds. The number of aromatic hydroxyl groups is 1. The van der Waals surface area contributed by atoms with Gasteiger partial charge in [0.25, 0.3) is 0 Å². The molecule has 0 saturated carbocycles. The smallest absolute Gasteiger partial charge is 0.143 e. The van der Waals surface area contributed by atoms with Crippen LogP contribution in [0, 0.1) is 0 Å². The number of rotatable bonds is 3. The molecule has 0 saturated heterocycles. The number of nitrogens with zero attached hydrogens (tertiary/aromatic N) is 1. The summed E-state index contributed by atoms with van der Waals surface area (Å²) in [5.74, 6) is -0.0320. The van der Waals surface area contributed by atoms with Crippen molar-refractivity contribution < 1.29 is 10.3 Å². The van der Waals surface area contributed by atoms with Gasteiger partial charge in [-0.25, -0.2) is 0 Å². The molecule has 4 heteroatoms. The van der Waals surface area contributed by atoms with Crippen molar-refractivity contribution in [2.45, 2.75) is 19.8 Å². The van der Waals surface area contributed by atoms with Crippen molar-refractivity contribution in [1.82, 2.24) is 0 Å². The Bertz CT molecular complexity index is 350. The van der Waals surface area contributed by atoms with Gasteiger partial charge in [-0.05, 0) is 18.6 Å². The van der Waals surface area contributed by atoms with Gasteiger partial charge in [0.2, 0.25) is 0 Å². The van der Waals surface area contributed by atoms with Gasteiger partial charge in [0.1, 0.15) is 5.75 Å². The Morgan fingerprint density at radius 1 is 1.50 bits per heavy atom. The molecule has 0 unspecified atom stereocenters. The van der Waals surface area contributed by atoms with Crippen LogP contribution in [-0.2, 0) is 0 Å². The molecule has 0 aliphatic carbocycles. The van der Waals surface area contributed by atoms with Crippen molar-refractivity contribution in [1.29, 1.82) is 0 Å². The highest BCUT2D eigenvalue weighted by Crippen LogP contribution is 2.28. The Morgan fingerprint density at radius 2 is 2.21 bits per heavy atom. The van der Waals surface area contributed by atoms with E-state index in [0.29, 0.717) is 17.7 Å². The third-order valence-electron chi connectivity index (χ3n) is 1.91. The highest BCUT2D eigenvalue weighted by molar-refractivity contribution is 6.32. The summed E-state index contributed by atoms with van der Waals surface area (Å²) < 4.78 is 0. The first-order valence-electron chi connectivity index (χ1n) is 4.39. The number of hydrogen-bond donors (Lipinski definition) is 2. The normalized spacial score (nSPS) is 11.7. The number of benzene rings is 1. The Kier molecular flexibility index (Phi) is 3.77. The summed E-state index contributed by atoms with van der Waals surface area (Å²) in [5, 5.41) is 21.8. The Hall–Kier alpha value is -1.22. The minimum Gasteiger partial charge on any atom is -0.506 e. The van der Waals surface area contributed by atoms with Crippen LogP contribution < -0.4 is 0 Å². The van der Waals surface area contributed by atoms with Crippen molar-refractivity contribution in [2.24, 2.45) is 5.16 Å². The van der Waals surface area contributed by atoms with Crippen LogP contribution in [-0.4, -0.2) is 16.0 Å². The van der Waals surface area contributed by atoms with Crippen molar-refractivity contribution in [2.75, 3.05) is 0 Å². The Balaban J connectivity index is 3.11. The van der Waals surface area contributed by atoms with Gasteiger partial charge in [-0.2, -0.15) is 0 Å². The third kappa shape index (κ3) is 2.17. The van der Waals surface area contributed by atoms with Crippen LogP contribution in [0.1, 0.15) is 25.3 Å². The average Bonchev–Trinajstić information content (AvgIpc) is 2.19. The summed E-state index contributed by atoms with van der Waals surface area (Å²) in [6.45, 7) is 1.97. The van der Waals surface area contributed by atoms with Gasteiger partial charge in [-0.15, -0.1) is 0 Å². The van der Waals surface area contributed by atoms with Crippen molar-refractivity contribution in [3.05, 3.63) is 28.8 Å². The summed E-state index contributed by atoms with van der Waals surface area (Å²) in [4.78, 5) is 0. The van der Waals surface area contributed by atoms with E-state index >= 15 is 0 Å². The number of phenols is 1. The van der Waals surface area contributed by atoms with E-state index in [4.69, 9.17) is 16.8 Å². The van der Waals surface area contributed by atoms with Crippen molar-refractivity contribution >= 4 is 17.3 Å². The van der Waals surface area contributed by atoms with Gasteiger partial charge in [0.15, 0.2) is 0 Å². The molecule has 76 valence electrons. The van der Waals surface area contributed by atoms with E-state index in [1.165, 1.54) is 0 Å². The molecule has 1 aromatic carbocycles. The molecule has 3 nitrogen and oxygen atoms in total. The van der Waals surface area contributed by atoms with Gasteiger partial charge < -0.3 is 10.3 Å². The summed E-state index contributed by atoms with van der Waals surface area (Å²) >= 11 is 5.73. The van der Waals surface area contributed by atoms with E-state index in [1.807, 2.05) is 6.92 Å². The molecular weight excluding hydrogens is 202 g/mol. The third-order valence-corrected chi connectivity index (χ3v) is 2.21. The minimum absolute atomic E-state index is 0.0320. The molecule has 0 atom stereocenters. The fourth-order valence-electron chi connectivity index (χ4n) is 1.22. The van der Waals surface area contributed by atoms with E-state index in [9.17, 15) is 5.11 Å². The van der Waals surface area contributed by atoms with Crippen LogP contribution in [0.5, 0.6) is 5.75 Å². The molecule has 0 radical (unpaired) electrons. The lowest BCUT2D eigenvalue weighted by molar-refractivity contribution is 0.317. The van der Waals surface area contributed by atoms with Gasteiger partial charge >= 0.3 is 0 Å². The lowest BCUT2D eigenvalue weighted by atomic mass is 10.1. The molecular formula is C10H12ClNO2. The average molecular weight is 214 g/mol. The van der Waals surface area contributed by atoms with E-state index in [0.717, 1.165) is 6.42 Å². The molecule has 0 aliphatic rings. The summed E-state index contributed by atoms with van der Waals surface area (Å²) in [7, 11) is 0. The summed E-state index contributed by atoms with van der Waals surface area (Å²) in [5.41, 5.74) is 0.939. The van der Waals surface area contributed by atoms with Gasteiger partial charge in [0, 0.05) is 5.56 Å². The molecule has 2 N–H and O–H groups in total. The van der Waals surface area contributed by atoms with E-state index in [-0.39, 0.29) is 10.8 Å². The topological polar surface area (TPSA) is 52.8 Å². The first kappa shape index (κ1) is 10.9. The largest absolute Gasteiger partial charge is 0.506 e. The maximum Gasteiger partial charge on any atom is 0.143 e. The lowest BCUT2D eigenvalue weighted by Crippen LogP contribution is -2.00. The molecule has 0 aliphatic heterocycles. The van der Waals surface area contributed by atoms with Gasteiger partial charge in [-0.1, -0.05) is 36.2 Å². The molecule has 14 heavy (non-hydrogen) atoms. The molecule has 1 rings (SSSR count). The number of phenolic OH excluding ortho intramolecular Hbond substituents is 1. The van der Waals surface area contributed by atoms with Gasteiger partial charge in [0.05, 0.1) is 10.7 Å². The first-order valence-corrected chi connectivity index (χ1v) is 4.77.